The van der Waals surface area contributed by atoms with Crippen LogP contribution in [0.1, 0.15) is 117 Å². The van der Waals surface area contributed by atoms with Crippen molar-refractivity contribution in [3.63, 3.8) is 0 Å². The van der Waals surface area contributed by atoms with Crippen LogP contribution in [0.3, 0.4) is 0 Å². The van der Waals surface area contributed by atoms with E-state index in [9.17, 15) is 0 Å². The number of hydrogen-bond acceptors (Lipinski definition) is 1. The van der Waals surface area contributed by atoms with Crippen molar-refractivity contribution in [3.8, 4) is 0 Å². The quantitative estimate of drug-likeness (QED) is 0.135. The first-order valence-corrected chi connectivity index (χ1v) is 12.1. The van der Waals surface area contributed by atoms with Gasteiger partial charge >= 0.3 is 0 Å². The van der Waals surface area contributed by atoms with E-state index in [4.69, 9.17) is 0 Å². The lowest BCUT2D eigenvalue weighted by atomic mass is 10.0. The molecule has 0 saturated carbocycles. The molecule has 1 heteroatoms. The third-order valence-electron chi connectivity index (χ3n) is 5.53. The zero-order chi connectivity index (χ0) is 20.0. The maximum atomic E-state index is 3.84. The zero-order valence-corrected chi connectivity index (χ0v) is 19.0. The molecule has 0 atom stereocenters. The van der Waals surface area contributed by atoms with Crippen molar-refractivity contribution in [1.82, 2.24) is 4.90 Å². The highest BCUT2D eigenvalue weighted by atomic mass is 15.1. The first-order chi connectivity index (χ1) is 13.2. The Morgan fingerprint density at radius 1 is 0.556 bits per heavy atom. The summed E-state index contributed by atoms with van der Waals surface area (Å²) >= 11 is 0. The molecule has 0 N–H and O–H groups in total. The molecule has 1 nitrogen and oxygen atoms in total. The summed E-state index contributed by atoms with van der Waals surface area (Å²) < 4.78 is 0. The van der Waals surface area contributed by atoms with Gasteiger partial charge in [0.1, 0.15) is 0 Å². The predicted octanol–water partition coefficient (Wildman–Crippen LogP) is 8.56. The summed E-state index contributed by atoms with van der Waals surface area (Å²) in [6.07, 6.45) is 27.0. The van der Waals surface area contributed by atoms with Crippen molar-refractivity contribution < 1.29 is 0 Å². The number of nitrogens with zero attached hydrogens (tertiary/aromatic N) is 1. The summed E-state index contributed by atoms with van der Waals surface area (Å²) in [6.45, 7) is 15.5. The number of hydrogen-bond donors (Lipinski definition) is 0. The van der Waals surface area contributed by atoms with Crippen molar-refractivity contribution >= 4 is 0 Å². The van der Waals surface area contributed by atoms with E-state index < -0.39 is 0 Å². The summed E-state index contributed by atoms with van der Waals surface area (Å²) in [7, 11) is 0. The molecule has 0 radical (unpaired) electrons. The van der Waals surface area contributed by atoms with Crippen LogP contribution in [0.5, 0.6) is 0 Å². The average molecular weight is 378 g/mol. The first kappa shape index (κ1) is 26.4. The van der Waals surface area contributed by atoms with Crippen LogP contribution >= 0.6 is 0 Å². The van der Waals surface area contributed by atoms with Gasteiger partial charge in [-0.25, -0.2) is 0 Å². The summed E-state index contributed by atoms with van der Waals surface area (Å²) in [4.78, 5) is 2.42. The molecule has 0 aliphatic rings. The minimum Gasteiger partial charge on any atom is -0.296 e. The second-order valence-electron chi connectivity index (χ2n) is 8.82. The molecule has 0 aromatic heterocycles. The Morgan fingerprint density at radius 3 is 1.22 bits per heavy atom. The Morgan fingerprint density at radius 2 is 0.889 bits per heavy atom. The van der Waals surface area contributed by atoms with Gasteiger partial charge in [0, 0.05) is 13.1 Å². The Bertz CT molecular complexity index is 297. The van der Waals surface area contributed by atoms with E-state index >= 15 is 0 Å². The third-order valence-corrected chi connectivity index (χ3v) is 5.53. The van der Waals surface area contributed by atoms with Crippen molar-refractivity contribution in [2.75, 3.05) is 19.6 Å². The fourth-order valence-corrected chi connectivity index (χ4v) is 3.81. The van der Waals surface area contributed by atoms with E-state index in [0.29, 0.717) is 0 Å². The molecule has 160 valence electrons. The van der Waals surface area contributed by atoms with E-state index in [1.807, 2.05) is 12.2 Å². The number of rotatable bonds is 22. The van der Waals surface area contributed by atoms with Gasteiger partial charge in [-0.15, -0.1) is 13.2 Å². The summed E-state index contributed by atoms with van der Waals surface area (Å²) in [5.41, 5.74) is 0. The molecule has 0 aromatic rings. The first-order valence-electron chi connectivity index (χ1n) is 12.1. The minimum atomic E-state index is 0.889. The second-order valence-corrected chi connectivity index (χ2v) is 8.82. The van der Waals surface area contributed by atoms with E-state index in [2.05, 4.69) is 31.9 Å². The second kappa shape index (κ2) is 21.7. The standard InChI is InChI=1S/C26H51N/c1-5-23-27(24-6-2)25-21-19-17-15-13-11-9-7-8-10-12-14-16-18-20-22-26(3)4/h5-6,26H,1-2,7-25H2,3-4H3. The predicted molar refractivity (Wildman–Crippen MR) is 126 cm³/mol. The smallest absolute Gasteiger partial charge is 0.0163 e. The van der Waals surface area contributed by atoms with Crippen LogP contribution in [0.4, 0.5) is 0 Å². The number of unbranched alkanes of at least 4 members (excludes halogenated alkanes) is 14. The molecule has 27 heavy (non-hydrogen) atoms. The summed E-state index contributed by atoms with van der Waals surface area (Å²) in [5.74, 6) is 0.889. The van der Waals surface area contributed by atoms with Gasteiger partial charge in [0.15, 0.2) is 0 Å². The Labute approximate surface area is 172 Å². The van der Waals surface area contributed by atoms with Crippen LogP contribution in [0.25, 0.3) is 0 Å². The molecule has 0 unspecified atom stereocenters. The van der Waals surface area contributed by atoms with Gasteiger partial charge in [-0.05, 0) is 18.9 Å². The van der Waals surface area contributed by atoms with Gasteiger partial charge in [-0.3, -0.25) is 4.90 Å². The lowest BCUT2D eigenvalue weighted by molar-refractivity contribution is 0.324. The average Bonchev–Trinajstić information content (AvgIpc) is 2.64. The summed E-state index contributed by atoms with van der Waals surface area (Å²) in [6, 6.07) is 0. The van der Waals surface area contributed by atoms with Crippen LogP contribution in [0.15, 0.2) is 25.3 Å². The molecule has 0 aliphatic heterocycles. The molecule has 0 saturated heterocycles. The van der Waals surface area contributed by atoms with Crippen molar-refractivity contribution in [1.29, 1.82) is 0 Å². The van der Waals surface area contributed by atoms with Crippen molar-refractivity contribution in [2.24, 2.45) is 5.92 Å². The van der Waals surface area contributed by atoms with Crippen molar-refractivity contribution in [3.05, 3.63) is 25.3 Å². The van der Waals surface area contributed by atoms with Gasteiger partial charge in [0.2, 0.25) is 0 Å². The lowest BCUT2D eigenvalue weighted by Gasteiger charge is -2.18. The van der Waals surface area contributed by atoms with Gasteiger partial charge in [-0.2, -0.15) is 0 Å². The largest absolute Gasteiger partial charge is 0.296 e. The van der Waals surface area contributed by atoms with Gasteiger partial charge in [0.25, 0.3) is 0 Å². The van der Waals surface area contributed by atoms with Crippen LogP contribution in [0, 0.1) is 5.92 Å². The van der Waals surface area contributed by atoms with Crippen LogP contribution in [-0.4, -0.2) is 24.5 Å². The van der Waals surface area contributed by atoms with E-state index in [-0.39, 0.29) is 0 Å². The topological polar surface area (TPSA) is 3.24 Å². The zero-order valence-electron chi connectivity index (χ0n) is 19.0. The van der Waals surface area contributed by atoms with Gasteiger partial charge < -0.3 is 0 Å². The molecule has 0 aliphatic carbocycles. The van der Waals surface area contributed by atoms with Crippen LogP contribution < -0.4 is 0 Å². The minimum absolute atomic E-state index is 0.889. The van der Waals surface area contributed by atoms with E-state index in [1.165, 1.54) is 109 Å². The van der Waals surface area contributed by atoms with Gasteiger partial charge in [0.05, 0.1) is 0 Å². The molecule has 0 fully saturated rings. The Kier molecular flexibility index (Phi) is 21.3. The molecular weight excluding hydrogens is 326 g/mol. The maximum absolute atomic E-state index is 3.84. The Balaban J connectivity index is 3.16. The highest BCUT2D eigenvalue weighted by Crippen LogP contribution is 2.14. The summed E-state index contributed by atoms with van der Waals surface area (Å²) in [5, 5.41) is 0. The normalized spacial score (nSPS) is 11.4. The van der Waals surface area contributed by atoms with E-state index in [0.717, 1.165) is 19.0 Å². The van der Waals surface area contributed by atoms with Gasteiger partial charge in [-0.1, -0.05) is 122 Å². The SMILES string of the molecule is C=CCN(CC=C)CCCCCCCCCCCCCCCCCC(C)C. The highest BCUT2D eigenvalue weighted by Gasteiger charge is 2.00. The monoisotopic (exact) mass is 377 g/mol. The molecule has 0 rings (SSSR count). The highest BCUT2D eigenvalue weighted by molar-refractivity contribution is 4.79. The Hall–Kier alpha value is -0.560. The van der Waals surface area contributed by atoms with E-state index in [1.54, 1.807) is 0 Å². The molecule has 0 heterocycles. The van der Waals surface area contributed by atoms with Crippen LogP contribution in [0.2, 0.25) is 0 Å². The third kappa shape index (κ3) is 21.6. The van der Waals surface area contributed by atoms with Crippen LogP contribution in [-0.2, 0) is 0 Å². The molecule has 0 spiro atoms. The fourth-order valence-electron chi connectivity index (χ4n) is 3.81. The fraction of sp³-hybridized carbons (Fsp3) is 0.846. The molecule has 0 aromatic carbocycles. The molecule has 0 amide bonds. The van der Waals surface area contributed by atoms with Crippen molar-refractivity contribution in [2.45, 2.75) is 117 Å². The maximum Gasteiger partial charge on any atom is 0.0163 e. The lowest BCUT2D eigenvalue weighted by Crippen LogP contribution is -2.24. The molecular formula is C26H51N. The molecule has 0 bridgehead atoms.